The number of fused-ring (bicyclic) bond motifs is 2. The van der Waals surface area contributed by atoms with Crippen LogP contribution in [0.5, 0.6) is 0 Å². The summed E-state index contributed by atoms with van der Waals surface area (Å²) in [6.45, 7) is 0.804. The van der Waals surface area contributed by atoms with Gasteiger partial charge in [-0.3, -0.25) is 4.79 Å². The number of ether oxygens (including phenoxy) is 1. The molecule has 2 aromatic rings. The normalized spacial score (nSPS) is 32.0. The van der Waals surface area contributed by atoms with Crippen molar-refractivity contribution in [1.29, 1.82) is 0 Å². The molecule has 5 atom stereocenters. The van der Waals surface area contributed by atoms with Gasteiger partial charge in [-0.2, -0.15) is 18.3 Å². The summed E-state index contributed by atoms with van der Waals surface area (Å²) in [6, 6.07) is -0.201. The molecule has 3 N–H and O–H groups in total. The Morgan fingerprint density at radius 3 is 2.51 bits per heavy atom. The van der Waals surface area contributed by atoms with E-state index >= 15 is 0 Å². The Bertz CT molecular complexity index is 1140. The number of alkyl halides is 3. The van der Waals surface area contributed by atoms with E-state index in [1.54, 1.807) is 4.52 Å². The Morgan fingerprint density at radius 2 is 1.81 bits per heavy atom. The maximum absolute atomic E-state index is 13.4. The number of carbonyl (C=O) groups is 1. The van der Waals surface area contributed by atoms with Crippen LogP contribution in [-0.4, -0.2) is 51.4 Å². The van der Waals surface area contributed by atoms with Gasteiger partial charge in [-0.25, -0.2) is 14.5 Å². The lowest BCUT2D eigenvalue weighted by Crippen LogP contribution is -2.47. The predicted molar refractivity (Wildman–Crippen MR) is 128 cm³/mol. The minimum Gasteiger partial charge on any atom is -0.381 e. The van der Waals surface area contributed by atoms with Gasteiger partial charge in [-0.05, 0) is 69.1 Å². The number of hydrogen-bond donors (Lipinski definition) is 2. The molecule has 2 saturated heterocycles. The van der Waals surface area contributed by atoms with Crippen LogP contribution in [0.4, 0.5) is 13.2 Å². The summed E-state index contributed by atoms with van der Waals surface area (Å²) in [4.78, 5) is 22.2. The maximum Gasteiger partial charge on any atom is 0.393 e. The van der Waals surface area contributed by atoms with Crippen molar-refractivity contribution in [1.82, 2.24) is 24.9 Å². The van der Waals surface area contributed by atoms with Gasteiger partial charge in [0.05, 0.1) is 35.2 Å². The third-order valence-corrected chi connectivity index (χ3v) is 9.14. The van der Waals surface area contributed by atoms with Crippen LogP contribution in [0.1, 0.15) is 80.4 Å². The Hall–Kier alpha value is -2.27. The number of nitrogens with one attached hydrogen (secondary N) is 1. The molecule has 0 radical (unpaired) electrons. The quantitative estimate of drug-likeness (QED) is 0.623. The van der Waals surface area contributed by atoms with Crippen molar-refractivity contribution in [3.05, 3.63) is 23.3 Å². The Kier molecular flexibility index (Phi) is 6.63. The van der Waals surface area contributed by atoms with Gasteiger partial charge in [0, 0.05) is 38.0 Å². The molecule has 3 unspecified atom stereocenters. The van der Waals surface area contributed by atoms with Crippen LogP contribution in [-0.2, 0) is 16.0 Å². The molecule has 1 amide bonds. The molecule has 2 aliphatic heterocycles. The zero-order valence-electron chi connectivity index (χ0n) is 20.9. The summed E-state index contributed by atoms with van der Waals surface area (Å²) in [7, 11) is 0. The molecular weight excluding hydrogens is 485 g/mol. The van der Waals surface area contributed by atoms with Crippen molar-refractivity contribution in [3.63, 3.8) is 0 Å². The maximum atomic E-state index is 13.4. The number of nitrogens with two attached hydrogens (primary N) is 1. The van der Waals surface area contributed by atoms with Gasteiger partial charge in [0.2, 0.25) is 5.91 Å². The highest BCUT2D eigenvalue weighted by molar-refractivity contribution is 5.79. The third kappa shape index (κ3) is 5.21. The van der Waals surface area contributed by atoms with Crippen LogP contribution in [0, 0.1) is 29.6 Å². The molecule has 4 aliphatic rings. The summed E-state index contributed by atoms with van der Waals surface area (Å²) in [5.41, 5.74) is 8.74. The number of nitrogens with zero attached hydrogens (tertiary/aromatic N) is 4. The topological polar surface area (TPSA) is 107 Å². The van der Waals surface area contributed by atoms with E-state index in [0.29, 0.717) is 30.6 Å². The first kappa shape index (κ1) is 25.0. The summed E-state index contributed by atoms with van der Waals surface area (Å²) >= 11 is 0. The molecule has 2 saturated carbocycles. The standard InChI is InChI=1S/C26H35F3N6O2/c27-26(28,29)19-10-18(24(36)31-12-19)11-20-23(15-5-7-37-8-6-15)33-25-32-21(13-35(25)34-20)22(30)14-1-3-16-9-17(16)4-2-14/h13-19,22H,1-12,30H2,(H,31,36)/t14?,16?,17?,18-,19-,22?/m1/s1. The average Bonchev–Trinajstić information content (AvgIpc) is 3.54. The molecule has 0 bridgehead atoms. The average molecular weight is 521 g/mol. The molecular formula is C26H35F3N6O2. The van der Waals surface area contributed by atoms with Crippen molar-refractivity contribution in [2.24, 2.45) is 35.3 Å². The first-order valence-corrected chi connectivity index (χ1v) is 13.7. The third-order valence-electron chi connectivity index (χ3n) is 9.14. The van der Waals surface area contributed by atoms with E-state index in [9.17, 15) is 18.0 Å². The zero-order valence-corrected chi connectivity index (χ0v) is 20.9. The van der Waals surface area contributed by atoms with Gasteiger partial charge in [0.1, 0.15) is 0 Å². The van der Waals surface area contributed by atoms with Crippen LogP contribution in [0.15, 0.2) is 6.20 Å². The SMILES string of the molecule is NC(c1cn2nc(C[C@H]3C[C@@H](C(F)(F)F)CNC3=O)c(C3CCOCC3)nc2n1)C1CCC2CC2CC1. The summed E-state index contributed by atoms with van der Waals surface area (Å²) in [5, 5.41) is 7.23. The number of aromatic nitrogens is 4. The molecule has 6 rings (SSSR count). The number of hydrogen-bond acceptors (Lipinski definition) is 6. The fourth-order valence-corrected chi connectivity index (χ4v) is 6.67. The largest absolute Gasteiger partial charge is 0.393 e. The second-order valence-electron chi connectivity index (χ2n) is 11.6. The molecule has 37 heavy (non-hydrogen) atoms. The fraction of sp³-hybridized carbons (Fsp3) is 0.769. The van der Waals surface area contributed by atoms with Crippen molar-refractivity contribution in [2.45, 2.75) is 75.9 Å². The van der Waals surface area contributed by atoms with E-state index in [2.05, 4.69) is 5.32 Å². The molecule has 8 nitrogen and oxygen atoms in total. The number of halogens is 3. The van der Waals surface area contributed by atoms with E-state index in [0.717, 1.165) is 48.9 Å². The highest BCUT2D eigenvalue weighted by atomic mass is 19.4. The smallest absolute Gasteiger partial charge is 0.381 e. The molecule has 2 aliphatic carbocycles. The van der Waals surface area contributed by atoms with Crippen LogP contribution < -0.4 is 11.1 Å². The summed E-state index contributed by atoms with van der Waals surface area (Å²) < 4.78 is 47.4. The van der Waals surface area contributed by atoms with Crippen molar-refractivity contribution >= 4 is 11.7 Å². The van der Waals surface area contributed by atoms with Crippen LogP contribution >= 0.6 is 0 Å². The summed E-state index contributed by atoms with van der Waals surface area (Å²) in [6.07, 6.45) is 4.86. The van der Waals surface area contributed by atoms with E-state index in [-0.39, 0.29) is 37.3 Å². The van der Waals surface area contributed by atoms with Crippen molar-refractivity contribution in [2.75, 3.05) is 19.8 Å². The molecule has 4 heterocycles. The van der Waals surface area contributed by atoms with E-state index in [4.69, 9.17) is 25.5 Å². The Labute approximate surface area is 213 Å². The highest BCUT2D eigenvalue weighted by Gasteiger charge is 2.45. The monoisotopic (exact) mass is 520 g/mol. The van der Waals surface area contributed by atoms with Gasteiger partial charge >= 0.3 is 6.18 Å². The zero-order chi connectivity index (χ0) is 25.7. The van der Waals surface area contributed by atoms with Gasteiger partial charge in [0.15, 0.2) is 0 Å². The number of imidazole rings is 1. The van der Waals surface area contributed by atoms with E-state index < -0.39 is 18.0 Å². The Morgan fingerprint density at radius 1 is 1.08 bits per heavy atom. The van der Waals surface area contributed by atoms with Gasteiger partial charge in [-0.15, -0.1) is 0 Å². The lowest BCUT2D eigenvalue weighted by Gasteiger charge is -2.31. The highest BCUT2D eigenvalue weighted by Crippen LogP contribution is 2.50. The second kappa shape index (κ2) is 9.80. The minimum atomic E-state index is -4.35. The first-order valence-electron chi connectivity index (χ1n) is 13.7. The van der Waals surface area contributed by atoms with Crippen LogP contribution in [0.25, 0.3) is 5.78 Å². The fourth-order valence-electron chi connectivity index (χ4n) is 6.67. The van der Waals surface area contributed by atoms with Crippen molar-refractivity contribution < 1.29 is 22.7 Å². The number of amides is 1. The number of piperidine rings is 1. The molecule has 202 valence electrons. The number of carbonyl (C=O) groups excluding carboxylic acids is 1. The first-order chi connectivity index (χ1) is 17.8. The van der Waals surface area contributed by atoms with Crippen LogP contribution in [0.3, 0.4) is 0 Å². The molecule has 0 spiro atoms. The second-order valence-corrected chi connectivity index (χ2v) is 11.6. The lowest BCUT2D eigenvalue weighted by atomic mass is 9.84. The predicted octanol–water partition coefficient (Wildman–Crippen LogP) is 3.70. The van der Waals surface area contributed by atoms with E-state index in [1.807, 2.05) is 6.20 Å². The molecule has 0 aromatic carbocycles. The molecule has 4 fully saturated rings. The number of rotatable bonds is 5. The Balaban J connectivity index is 1.29. The van der Waals surface area contributed by atoms with Gasteiger partial charge < -0.3 is 15.8 Å². The minimum absolute atomic E-state index is 0.0636. The van der Waals surface area contributed by atoms with Crippen molar-refractivity contribution in [3.8, 4) is 0 Å². The molecule has 11 heteroatoms. The lowest BCUT2D eigenvalue weighted by molar-refractivity contribution is -0.183. The summed E-state index contributed by atoms with van der Waals surface area (Å²) in [5.74, 6) is -0.0879. The van der Waals surface area contributed by atoms with Crippen LogP contribution in [0.2, 0.25) is 0 Å². The van der Waals surface area contributed by atoms with Gasteiger partial charge in [0.25, 0.3) is 5.78 Å². The van der Waals surface area contributed by atoms with Gasteiger partial charge in [-0.1, -0.05) is 0 Å². The molecule has 2 aromatic heterocycles. The van der Waals surface area contributed by atoms with E-state index in [1.165, 1.54) is 19.3 Å².